The minimum Gasteiger partial charge on any atom is -0.462 e. The molecule has 0 aliphatic heterocycles. The van der Waals surface area contributed by atoms with Gasteiger partial charge in [-0.1, -0.05) is 13.8 Å². The largest absolute Gasteiger partial charge is 0.462 e. The zero-order valence-electron chi connectivity index (χ0n) is 13.2. The Morgan fingerprint density at radius 3 is 2.91 bits per heavy atom. The van der Waals surface area contributed by atoms with Crippen molar-refractivity contribution in [3.8, 4) is 10.8 Å². The van der Waals surface area contributed by atoms with Crippen molar-refractivity contribution in [2.45, 2.75) is 33.6 Å². The highest BCUT2D eigenvalue weighted by molar-refractivity contribution is 7.15. The molecule has 2 rings (SSSR count). The van der Waals surface area contributed by atoms with Gasteiger partial charge < -0.3 is 14.8 Å². The van der Waals surface area contributed by atoms with E-state index in [2.05, 4.69) is 10.3 Å². The van der Waals surface area contributed by atoms with E-state index in [1.54, 1.807) is 12.3 Å². The van der Waals surface area contributed by atoms with Gasteiger partial charge in [0.15, 0.2) is 10.8 Å². The van der Waals surface area contributed by atoms with Gasteiger partial charge in [0.2, 0.25) is 0 Å². The molecule has 0 spiro atoms. The number of amides is 1. The molecule has 2 aromatic rings. The number of carbonyl (C=O) groups is 1. The van der Waals surface area contributed by atoms with Crippen molar-refractivity contribution in [2.24, 2.45) is 5.41 Å². The van der Waals surface area contributed by atoms with Gasteiger partial charge in [0.25, 0.3) is 5.91 Å². The van der Waals surface area contributed by atoms with Crippen molar-refractivity contribution in [1.82, 2.24) is 10.3 Å². The van der Waals surface area contributed by atoms with Crippen LogP contribution in [0.1, 0.15) is 42.1 Å². The van der Waals surface area contributed by atoms with Gasteiger partial charge in [-0.15, -0.1) is 11.3 Å². The second-order valence-electron chi connectivity index (χ2n) is 6.08. The van der Waals surface area contributed by atoms with E-state index in [4.69, 9.17) is 4.42 Å². The van der Waals surface area contributed by atoms with Crippen molar-refractivity contribution in [2.75, 3.05) is 13.2 Å². The average molecular weight is 322 g/mol. The molecule has 2 aromatic heterocycles. The molecule has 0 radical (unpaired) electrons. The first-order chi connectivity index (χ1) is 10.4. The van der Waals surface area contributed by atoms with E-state index < -0.39 is 0 Å². The Morgan fingerprint density at radius 2 is 2.27 bits per heavy atom. The first-order valence-corrected chi connectivity index (χ1v) is 8.15. The van der Waals surface area contributed by atoms with Crippen LogP contribution in [0, 0.1) is 12.3 Å². The van der Waals surface area contributed by atoms with Crippen molar-refractivity contribution >= 4 is 17.2 Å². The summed E-state index contributed by atoms with van der Waals surface area (Å²) in [4.78, 5) is 17.4. The van der Waals surface area contributed by atoms with Crippen LogP contribution in [0.5, 0.6) is 0 Å². The molecule has 0 aliphatic rings. The minimum atomic E-state index is -0.159. The number of aryl methyl sites for hydroxylation is 1. The molecule has 0 aromatic carbocycles. The van der Waals surface area contributed by atoms with E-state index in [0.717, 1.165) is 17.7 Å². The number of furan rings is 1. The second-order valence-corrected chi connectivity index (χ2v) is 7.29. The molecule has 0 atom stereocenters. The van der Waals surface area contributed by atoms with Crippen molar-refractivity contribution in [3.63, 3.8) is 0 Å². The molecule has 2 N–H and O–H groups in total. The molecule has 0 saturated carbocycles. The fourth-order valence-electron chi connectivity index (χ4n) is 2.04. The summed E-state index contributed by atoms with van der Waals surface area (Å²) in [5.41, 5.74) is 0.353. The highest BCUT2D eigenvalue weighted by Gasteiger charge is 2.18. The minimum absolute atomic E-state index is 0.103. The SMILES string of the molecule is Cc1sc(-c2ccco2)nc1C(=O)NCCCC(C)(C)CO. The van der Waals surface area contributed by atoms with Crippen LogP contribution in [0.4, 0.5) is 0 Å². The Bertz CT molecular complexity index is 617. The molecule has 0 saturated heterocycles. The number of carbonyl (C=O) groups excluding carboxylic acids is 1. The molecule has 2 heterocycles. The van der Waals surface area contributed by atoms with Crippen LogP contribution in [0.3, 0.4) is 0 Å². The maximum absolute atomic E-state index is 12.2. The van der Waals surface area contributed by atoms with Crippen molar-refractivity contribution in [1.29, 1.82) is 0 Å². The number of hydrogen-bond acceptors (Lipinski definition) is 5. The summed E-state index contributed by atoms with van der Waals surface area (Å²) in [7, 11) is 0. The average Bonchev–Trinajstić information content (AvgIpc) is 3.12. The summed E-state index contributed by atoms with van der Waals surface area (Å²) in [5, 5.41) is 12.8. The number of aromatic nitrogens is 1. The molecule has 5 nitrogen and oxygen atoms in total. The first-order valence-electron chi connectivity index (χ1n) is 7.33. The van der Waals surface area contributed by atoms with E-state index in [-0.39, 0.29) is 17.9 Å². The lowest BCUT2D eigenvalue weighted by Gasteiger charge is -2.21. The molecule has 0 fully saturated rings. The van der Waals surface area contributed by atoms with E-state index in [0.29, 0.717) is 23.0 Å². The normalized spacial score (nSPS) is 11.6. The summed E-state index contributed by atoms with van der Waals surface area (Å²) >= 11 is 1.45. The highest BCUT2D eigenvalue weighted by Crippen LogP contribution is 2.27. The Kier molecular flexibility index (Phi) is 5.37. The summed E-state index contributed by atoms with van der Waals surface area (Å²) in [6.45, 7) is 6.63. The van der Waals surface area contributed by atoms with E-state index in [1.165, 1.54) is 11.3 Å². The molecule has 120 valence electrons. The third-order valence-corrected chi connectivity index (χ3v) is 4.47. The quantitative estimate of drug-likeness (QED) is 0.767. The highest BCUT2D eigenvalue weighted by atomic mass is 32.1. The van der Waals surface area contributed by atoms with Gasteiger partial charge in [-0.05, 0) is 37.3 Å². The van der Waals surface area contributed by atoms with Crippen LogP contribution >= 0.6 is 11.3 Å². The Morgan fingerprint density at radius 1 is 1.50 bits per heavy atom. The van der Waals surface area contributed by atoms with Crippen molar-refractivity contribution in [3.05, 3.63) is 29.0 Å². The molecular formula is C16H22N2O3S. The predicted octanol–water partition coefficient (Wildman–Crippen LogP) is 3.24. The third kappa shape index (κ3) is 4.18. The van der Waals surface area contributed by atoms with Gasteiger partial charge in [-0.2, -0.15) is 0 Å². The number of nitrogens with one attached hydrogen (secondary N) is 1. The number of rotatable bonds is 7. The van der Waals surface area contributed by atoms with Crippen LogP contribution in [0.25, 0.3) is 10.8 Å². The van der Waals surface area contributed by atoms with E-state index in [9.17, 15) is 9.90 Å². The zero-order valence-corrected chi connectivity index (χ0v) is 14.0. The standard InChI is InChI=1S/C16H22N2O3S/c1-11-13(18-15(22-11)12-6-4-9-21-12)14(20)17-8-5-7-16(2,3)10-19/h4,6,9,19H,5,7-8,10H2,1-3H3,(H,17,20). The van der Waals surface area contributed by atoms with Crippen LogP contribution in [0.15, 0.2) is 22.8 Å². The predicted molar refractivity (Wildman–Crippen MR) is 87.0 cm³/mol. The van der Waals surface area contributed by atoms with Crippen LogP contribution in [0.2, 0.25) is 0 Å². The lowest BCUT2D eigenvalue weighted by atomic mass is 9.89. The summed E-state index contributed by atoms with van der Waals surface area (Å²) in [6.07, 6.45) is 3.28. The van der Waals surface area contributed by atoms with Crippen LogP contribution in [-0.4, -0.2) is 29.1 Å². The molecule has 0 bridgehead atoms. The smallest absolute Gasteiger partial charge is 0.271 e. The second kappa shape index (κ2) is 7.07. The molecular weight excluding hydrogens is 300 g/mol. The number of aliphatic hydroxyl groups excluding tert-OH is 1. The number of hydrogen-bond donors (Lipinski definition) is 2. The monoisotopic (exact) mass is 322 g/mol. The molecule has 0 unspecified atom stereocenters. The number of aliphatic hydroxyl groups is 1. The van der Waals surface area contributed by atoms with E-state index >= 15 is 0 Å². The molecule has 22 heavy (non-hydrogen) atoms. The van der Waals surface area contributed by atoms with Gasteiger partial charge in [0, 0.05) is 18.0 Å². The maximum atomic E-state index is 12.2. The Balaban J connectivity index is 1.91. The Hall–Kier alpha value is -1.66. The first kappa shape index (κ1) is 16.7. The Labute approximate surface area is 134 Å². The van der Waals surface area contributed by atoms with E-state index in [1.807, 2.05) is 26.8 Å². The van der Waals surface area contributed by atoms with Crippen molar-refractivity contribution < 1.29 is 14.3 Å². The fraction of sp³-hybridized carbons (Fsp3) is 0.500. The van der Waals surface area contributed by atoms with Gasteiger partial charge in [0.05, 0.1) is 6.26 Å². The molecule has 6 heteroatoms. The maximum Gasteiger partial charge on any atom is 0.271 e. The lowest BCUT2D eigenvalue weighted by molar-refractivity contribution is 0.0943. The van der Waals surface area contributed by atoms with Gasteiger partial charge in [0.1, 0.15) is 5.69 Å². The molecule has 0 aliphatic carbocycles. The number of nitrogens with zero attached hydrogens (tertiary/aromatic N) is 1. The fourth-order valence-corrected chi connectivity index (χ4v) is 2.92. The summed E-state index contributed by atoms with van der Waals surface area (Å²) < 4.78 is 5.31. The molecule has 1 amide bonds. The van der Waals surface area contributed by atoms with Gasteiger partial charge in [-0.25, -0.2) is 4.98 Å². The van der Waals surface area contributed by atoms with Crippen LogP contribution < -0.4 is 5.32 Å². The third-order valence-electron chi connectivity index (χ3n) is 3.49. The number of thiazole rings is 1. The van der Waals surface area contributed by atoms with Gasteiger partial charge >= 0.3 is 0 Å². The summed E-state index contributed by atoms with van der Waals surface area (Å²) in [5.74, 6) is 0.519. The lowest BCUT2D eigenvalue weighted by Crippen LogP contribution is -2.27. The topological polar surface area (TPSA) is 75.4 Å². The van der Waals surface area contributed by atoms with Gasteiger partial charge in [-0.3, -0.25) is 4.79 Å². The zero-order chi connectivity index (χ0) is 16.2. The van der Waals surface area contributed by atoms with Crippen LogP contribution in [-0.2, 0) is 0 Å². The summed E-state index contributed by atoms with van der Waals surface area (Å²) in [6, 6.07) is 3.63.